The summed E-state index contributed by atoms with van der Waals surface area (Å²) in [4.78, 5) is 22.6. The van der Waals surface area contributed by atoms with Gasteiger partial charge in [0.15, 0.2) is 0 Å². The van der Waals surface area contributed by atoms with Gasteiger partial charge in [0.2, 0.25) is 0 Å². The Morgan fingerprint density at radius 2 is 0.944 bits per heavy atom. The minimum Gasteiger partial charge on any atom is -0.466 e. The first-order chi connectivity index (χ1) is 8.79. The minimum absolute atomic E-state index is 0.143. The van der Waals surface area contributed by atoms with Crippen LogP contribution in [0.1, 0.15) is 64.2 Å². The fourth-order valence-corrected chi connectivity index (χ4v) is 1.97. The highest BCUT2D eigenvalue weighted by Gasteiger charge is 2.06. The maximum atomic E-state index is 11.3. The predicted molar refractivity (Wildman–Crippen MR) is 68.1 cm³/mol. The van der Waals surface area contributed by atoms with Crippen molar-refractivity contribution in [2.24, 2.45) is 0 Å². The van der Waals surface area contributed by atoms with Crippen molar-refractivity contribution >= 4 is 11.9 Å². The molecule has 0 bridgehead atoms. The van der Waals surface area contributed by atoms with E-state index < -0.39 is 0 Å². The lowest BCUT2D eigenvalue weighted by Gasteiger charge is -2.07. The topological polar surface area (TPSA) is 52.6 Å². The Kier molecular flexibility index (Phi) is 8.26. The summed E-state index contributed by atoms with van der Waals surface area (Å²) in [7, 11) is 0. The van der Waals surface area contributed by atoms with Crippen molar-refractivity contribution < 1.29 is 19.1 Å². The maximum absolute atomic E-state index is 11.3. The molecule has 1 saturated heterocycles. The third kappa shape index (κ3) is 8.09. The van der Waals surface area contributed by atoms with Gasteiger partial charge in [-0.25, -0.2) is 0 Å². The molecule has 0 N–H and O–H groups in total. The van der Waals surface area contributed by atoms with Gasteiger partial charge < -0.3 is 9.47 Å². The molecule has 0 aromatic rings. The summed E-state index contributed by atoms with van der Waals surface area (Å²) < 4.78 is 10.2. The Hall–Kier alpha value is -1.06. The third-order valence-corrected chi connectivity index (χ3v) is 3.08. The van der Waals surface area contributed by atoms with Crippen LogP contribution < -0.4 is 0 Å². The molecule has 0 aromatic heterocycles. The highest BCUT2D eigenvalue weighted by Crippen LogP contribution is 2.08. The number of rotatable bonds is 0. The number of hydrogen-bond acceptors (Lipinski definition) is 4. The van der Waals surface area contributed by atoms with Gasteiger partial charge in [-0.05, 0) is 25.7 Å². The maximum Gasteiger partial charge on any atom is 0.305 e. The minimum atomic E-state index is -0.143. The average Bonchev–Trinajstić information content (AvgIpc) is 2.35. The summed E-state index contributed by atoms with van der Waals surface area (Å²) in [5.41, 5.74) is 0. The Labute approximate surface area is 109 Å². The molecule has 0 atom stereocenters. The SMILES string of the molecule is O=C1CCCCC(=O)OCCCCCCCCO1. The first-order valence-corrected chi connectivity index (χ1v) is 7.10. The van der Waals surface area contributed by atoms with Gasteiger partial charge >= 0.3 is 11.9 Å². The molecular formula is C14H24O4. The van der Waals surface area contributed by atoms with E-state index in [0.29, 0.717) is 38.9 Å². The molecule has 0 saturated carbocycles. The second-order valence-corrected chi connectivity index (χ2v) is 4.77. The molecule has 0 unspecified atom stereocenters. The van der Waals surface area contributed by atoms with E-state index in [1.807, 2.05) is 0 Å². The lowest BCUT2D eigenvalue weighted by Crippen LogP contribution is -2.08. The predicted octanol–water partition coefficient (Wildman–Crippen LogP) is 2.99. The highest BCUT2D eigenvalue weighted by atomic mass is 16.5. The lowest BCUT2D eigenvalue weighted by molar-refractivity contribution is -0.146. The van der Waals surface area contributed by atoms with Gasteiger partial charge in [-0.2, -0.15) is 0 Å². The summed E-state index contributed by atoms with van der Waals surface area (Å²) in [5, 5.41) is 0. The molecule has 0 aliphatic carbocycles. The molecule has 1 rings (SSSR count). The van der Waals surface area contributed by atoms with Gasteiger partial charge in [-0.15, -0.1) is 0 Å². The van der Waals surface area contributed by atoms with Gasteiger partial charge in [0.05, 0.1) is 13.2 Å². The fraction of sp³-hybridized carbons (Fsp3) is 0.857. The van der Waals surface area contributed by atoms with E-state index in [4.69, 9.17) is 9.47 Å². The molecule has 0 radical (unpaired) electrons. The molecule has 1 fully saturated rings. The van der Waals surface area contributed by atoms with Gasteiger partial charge in [-0.1, -0.05) is 25.7 Å². The van der Waals surface area contributed by atoms with Crippen molar-refractivity contribution in [2.45, 2.75) is 64.2 Å². The van der Waals surface area contributed by atoms with Gasteiger partial charge in [0.1, 0.15) is 0 Å². The zero-order valence-electron chi connectivity index (χ0n) is 11.1. The van der Waals surface area contributed by atoms with E-state index >= 15 is 0 Å². The van der Waals surface area contributed by atoms with Crippen LogP contribution in [-0.4, -0.2) is 25.2 Å². The number of ether oxygens (including phenoxy) is 2. The third-order valence-electron chi connectivity index (χ3n) is 3.08. The van der Waals surface area contributed by atoms with E-state index in [-0.39, 0.29) is 11.9 Å². The highest BCUT2D eigenvalue weighted by molar-refractivity contribution is 5.70. The monoisotopic (exact) mass is 256 g/mol. The van der Waals surface area contributed by atoms with Crippen molar-refractivity contribution in [1.29, 1.82) is 0 Å². The van der Waals surface area contributed by atoms with Crippen LogP contribution in [-0.2, 0) is 19.1 Å². The van der Waals surface area contributed by atoms with Gasteiger partial charge in [0, 0.05) is 12.8 Å². The van der Waals surface area contributed by atoms with Crippen molar-refractivity contribution in [3.05, 3.63) is 0 Å². The average molecular weight is 256 g/mol. The molecule has 1 aliphatic rings. The smallest absolute Gasteiger partial charge is 0.305 e. The second kappa shape index (κ2) is 9.92. The van der Waals surface area contributed by atoms with Crippen LogP contribution in [0.15, 0.2) is 0 Å². The van der Waals surface area contributed by atoms with Crippen molar-refractivity contribution in [1.82, 2.24) is 0 Å². The summed E-state index contributed by atoms with van der Waals surface area (Å²) in [6.45, 7) is 1.09. The zero-order chi connectivity index (χ0) is 13.1. The number of hydrogen-bond donors (Lipinski definition) is 0. The van der Waals surface area contributed by atoms with Crippen LogP contribution in [0.3, 0.4) is 0 Å². The summed E-state index contributed by atoms with van der Waals surface area (Å²) in [6.07, 6.45) is 8.67. The number of carbonyl (C=O) groups excluding carboxylic acids is 2. The zero-order valence-corrected chi connectivity index (χ0v) is 11.1. The molecule has 4 heteroatoms. The van der Waals surface area contributed by atoms with E-state index in [9.17, 15) is 9.59 Å². The Morgan fingerprint density at radius 1 is 0.556 bits per heavy atom. The summed E-state index contributed by atoms with van der Waals surface area (Å²) in [6, 6.07) is 0. The Morgan fingerprint density at radius 3 is 1.39 bits per heavy atom. The van der Waals surface area contributed by atoms with Crippen LogP contribution in [0.2, 0.25) is 0 Å². The summed E-state index contributed by atoms with van der Waals surface area (Å²) in [5.74, 6) is -0.286. The molecule has 1 heterocycles. The molecule has 0 spiro atoms. The van der Waals surface area contributed by atoms with E-state index in [0.717, 1.165) is 38.5 Å². The lowest BCUT2D eigenvalue weighted by atomic mass is 10.1. The normalized spacial score (nSPS) is 22.0. The second-order valence-electron chi connectivity index (χ2n) is 4.77. The molecule has 104 valence electrons. The van der Waals surface area contributed by atoms with Crippen molar-refractivity contribution in [3.63, 3.8) is 0 Å². The van der Waals surface area contributed by atoms with Crippen LogP contribution in [0, 0.1) is 0 Å². The molecule has 0 amide bonds. The van der Waals surface area contributed by atoms with Crippen LogP contribution in [0.4, 0.5) is 0 Å². The van der Waals surface area contributed by atoms with Crippen LogP contribution in [0.5, 0.6) is 0 Å². The van der Waals surface area contributed by atoms with Crippen molar-refractivity contribution in [2.75, 3.05) is 13.2 Å². The molecule has 1 aliphatic heterocycles. The largest absolute Gasteiger partial charge is 0.466 e. The van der Waals surface area contributed by atoms with E-state index in [2.05, 4.69) is 0 Å². The van der Waals surface area contributed by atoms with Gasteiger partial charge in [0.25, 0.3) is 0 Å². The van der Waals surface area contributed by atoms with Crippen molar-refractivity contribution in [3.8, 4) is 0 Å². The van der Waals surface area contributed by atoms with Crippen LogP contribution in [0.25, 0.3) is 0 Å². The number of cyclic esters (lactones) is 2. The number of esters is 2. The number of carbonyl (C=O) groups is 2. The Balaban J connectivity index is 2.22. The van der Waals surface area contributed by atoms with Crippen LogP contribution >= 0.6 is 0 Å². The fourth-order valence-electron chi connectivity index (χ4n) is 1.97. The quantitative estimate of drug-likeness (QED) is 0.625. The molecular weight excluding hydrogens is 232 g/mol. The first kappa shape index (κ1) is 15.0. The molecule has 4 nitrogen and oxygen atoms in total. The van der Waals surface area contributed by atoms with Gasteiger partial charge in [-0.3, -0.25) is 9.59 Å². The standard InChI is InChI=1S/C14H24O4/c15-13-9-5-6-10-14(16)18-12-8-4-2-1-3-7-11-17-13/h1-12H2. The summed E-state index contributed by atoms with van der Waals surface area (Å²) >= 11 is 0. The molecule has 18 heavy (non-hydrogen) atoms. The molecule has 0 aromatic carbocycles. The van der Waals surface area contributed by atoms with E-state index in [1.165, 1.54) is 0 Å². The first-order valence-electron chi connectivity index (χ1n) is 7.10. The van der Waals surface area contributed by atoms with E-state index in [1.54, 1.807) is 0 Å². The Bertz CT molecular complexity index is 224.